The molecular weight excluding hydrogens is 190 g/mol. The predicted molar refractivity (Wildman–Crippen MR) is 60.8 cm³/mol. The number of thioether (sulfide) groups is 1. The van der Waals surface area contributed by atoms with Crippen molar-refractivity contribution in [2.24, 2.45) is 5.92 Å². The van der Waals surface area contributed by atoms with Gasteiger partial charge >= 0.3 is 0 Å². The highest BCUT2D eigenvalue weighted by Gasteiger charge is 2.33. The fourth-order valence-electron chi connectivity index (χ4n) is 2.61. The number of benzene rings is 1. The van der Waals surface area contributed by atoms with Gasteiger partial charge in [0, 0.05) is 16.7 Å². The third-order valence-corrected chi connectivity index (χ3v) is 4.81. The maximum Gasteiger partial charge on any atom is 0.0368 e. The third kappa shape index (κ3) is 1.21. The molecule has 0 spiro atoms. The number of aryl methyl sites for hydroxylation is 1. The minimum absolute atomic E-state index is 0.645. The van der Waals surface area contributed by atoms with Crippen LogP contribution in [0.3, 0.4) is 0 Å². The number of hydrogen-bond acceptors (Lipinski definition) is 2. The van der Waals surface area contributed by atoms with E-state index in [9.17, 15) is 0 Å². The molecule has 1 nitrogen and oxygen atoms in total. The molecule has 74 valence electrons. The highest BCUT2D eigenvalue weighted by atomic mass is 32.2. The fourth-order valence-corrected chi connectivity index (χ4v) is 4.01. The smallest absolute Gasteiger partial charge is 0.0368 e. The Hall–Kier alpha value is -0.470. The first-order valence-electron chi connectivity index (χ1n) is 5.32. The zero-order valence-electron chi connectivity index (χ0n) is 8.42. The summed E-state index contributed by atoms with van der Waals surface area (Å²) in [5.41, 5.74) is 2.99. The Labute approximate surface area is 89.3 Å². The van der Waals surface area contributed by atoms with Gasteiger partial charge in [0.2, 0.25) is 0 Å². The summed E-state index contributed by atoms with van der Waals surface area (Å²) in [6.07, 6.45) is 1.35. The Kier molecular flexibility index (Phi) is 2.06. The van der Waals surface area contributed by atoms with Crippen molar-refractivity contribution in [3.63, 3.8) is 0 Å². The molecule has 1 N–H and O–H groups in total. The van der Waals surface area contributed by atoms with E-state index in [1.54, 1.807) is 5.56 Å². The van der Waals surface area contributed by atoms with Gasteiger partial charge in [0.1, 0.15) is 0 Å². The predicted octanol–water partition coefficient (Wildman–Crippen LogP) is 2.75. The summed E-state index contributed by atoms with van der Waals surface area (Å²) in [4.78, 5) is 1.53. The summed E-state index contributed by atoms with van der Waals surface area (Å²) < 4.78 is 0. The maximum atomic E-state index is 3.63. The molecule has 2 aliphatic heterocycles. The van der Waals surface area contributed by atoms with Crippen molar-refractivity contribution in [3.8, 4) is 0 Å². The summed E-state index contributed by atoms with van der Waals surface area (Å²) >= 11 is 2.05. The van der Waals surface area contributed by atoms with Crippen LogP contribution < -0.4 is 5.32 Å². The summed E-state index contributed by atoms with van der Waals surface area (Å²) in [6, 6.07) is 7.36. The first-order valence-corrected chi connectivity index (χ1v) is 6.30. The highest BCUT2D eigenvalue weighted by Crippen LogP contribution is 2.44. The van der Waals surface area contributed by atoms with Gasteiger partial charge in [-0.05, 0) is 36.9 Å². The number of hydrogen-bond donors (Lipinski definition) is 1. The van der Waals surface area contributed by atoms with Crippen LogP contribution >= 0.6 is 11.8 Å². The van der Waals surface area contributed by atoms with E-state index in [1.807, 2.05) is 0 Å². The lowest BCUT2D eigenvalue weighted by Crippen LogP contribution is -2.23. The van der Waals surface area contributed by atoms with Gasteiger partial charge in [-0.2, -0.15) is 0 Å². The Bertz CT molecular complexity index is 361. The summed E-state index contributed by atoms with van der Waals surface area (Å²) in [5.74, 6) is 2.17. The summed E-state index contributed by atoms with van der Waals surface area (Å²) in [6.45, 7) is 3.42. The molecule has 2 unspecified atom stereocenters. The number of rotatable bonds is 0. The molecule has 0 amide bonds. The quantitative estimate of drug-likeness (QED) is 0.699. The van der Waals surface area contributed by atoms with Gasteiger partial charge in [-0.1, -0.05) is 18.2 Å². The van der Waals surface area contributed by atoms with Gasteiger partial charge in [-0.25, -0.2) is 0 Å². The number of fused-ring (bicyclic) bond motifs is 3. The molecule has 2 aliphatic rings. The standard InChI is InChI=1S/C12H15NS/c1-8-3-2-4-10-11-9(5-6-13-11)7-14-12(8)10/h2-4,9,11,13H,5-7H2,1H3. The molecule has 2 heterocycles. The second kappa shape index (κ2) is 3.28. The minimum Gasteiger partial charge on any atom is -0.310 e. The normalized spacial score (nSPS) is 29.8. The van der Waals surface area contributed by atoms with Crippen molar-refractivity contribution in [2.45, 2.75) is 24.3 Å². The van der Waals surface area contributed by atoms with Crippen molar-refractivity contribution in [2.75, 3.05) is 12.3 Å². The van der Waals surface area contributed by atoms with Crippen molar-refractivity contribution < 1.29 is 0 Å². The molecule has 2 heteroatoms. The van der Waals surface area contributed by atoms with Crippen LogP contribution in [0.5, 0.6) is 0 Å². The van der Waals surface area contributed by atoms with E-state index < -0.39 is 0 Å². The lowest BCUT2D eigenvalue weighted by atomic mass is 9.94. The van der Waals surface area contributed by atoms with E-state index in [-0.39, 0.29) is 0 Å². The van der Waals surface area contributed by atoms with Crippen molar-refractivity contribution in [1.82, 2.24) is 5.32 Å². The van der Waals surface area contributed by atoms with Crippen LogP contribution in [0.25, 0.3) is 0 Å². The molecule has 0 bridgehead atoms. The molecular formula is C12H15NS. The van der Waals surface area contributed by atoms with Crippen LogP contribution in [0.15, 0.2) is 23.1 Å². The molecule has 14 heavy (non-hydrogen) atoms. The summed E-state index contributed by atoms with van der Waals surface area (Å²) in [5, 5.41) is 3.63. The second-order valence-electron chi connectivity index (χ2n) is 4.28. The molecule has 1 saturated heterocycles. The molecule has 0 saturated carbocycles. The average Bonchev–Trinajstić information content (AvgIpc) is 2.66. The monoisotopic (exact) mass is 205 g/mol. The molecule has 1 fully saturated rings. The first kappa shape index (κ1) is 8.81. The SMILES string of the molecule is Cc1cccc2c1SCC1CCNC21. The van der Waals surface area contributed by atoms with E-state index in [0.717, 1.165) is 5.92 Å². The van der Waals surface area contributed by atoms with E-state index in [0.29, 0.717) is 6.04 Å². The molecule has 0 aromatic heterocycles. The van der Waals surface area contributed by atoms with Gasteiger partial charge in [0.25, 0.3) is 0 Å². The second-order valence-corrected chi connectivity index (χ2v) is 5.32. The van der Waals surface area contributed by atoms with Crippen LogP contribution in [0, 0.1) is 12.8 Å². The van der Waals surface area contributed by atoms with Crippen LogP contribution in [-0.4, -0.2) is 12.3 Å². The first-order chi connectivity index (χ1) is 6.86. The van der Waals surface area contributed by atoms with E-state index in [2.05, 4.69) is 42.2 Å². The van der Waals surface area contributed by atoms with Crippen molar-refractivity contribution >= 4 is 11.8 Å². The molecule has 1 aromatic carbocycles. The minimum atomic E-state index is 0.645. The Morgan fingerprint density at radius 2 is 2.36 bits per heavy atom. The largest absolute Gasteiger partial charge is 0.310 e. The zero-order chi connectivity index (χ0) is 9.54. The van der Waals surface area contributed by atoms with Gasteiger partial charge in [0.15, 0.2) is 0 Å². The zero-order valence-corrected chi connectivity index (χ0v) is 9.23. The maximum absolute atomic E-state index is 3.63. The lowest BCUT2D eigenvalue weighted by molar-refractivity contribution is 0.495. The average molecular weight is 205 g/mol. The molecule has 2 atom stereocenters. The van der Waals surface area contributed by atoms with Crippen LogP contribution in [0.4, 0.5) is 0 Å². The van der Waals surface area contributed by atoms with Crippen molar-refractivity contribution in [1.29, 1.82) is 0 Å². The van der Waals surface area contributed by atoms with Crippen LogP contribution in [-0.2, 0) is 0 Å². The van der Waals surface area contributed by atoms with Gasteiger partial charge in [-0.3, -0.25) is 0 Å². The summed E-state index contributed by atoms with van der Waals surface area (Å²) in [7, 11) is 0. The van der Waals surface area contributed by atoms with Crippen LogP contribution in [0.1, 0.15) is 23.6 Å². The molecule has 3 rings (SSSR count). The van der Waals surface area contributed by atoms with Gasteiger partial charge in [-0.15, -0.1) is 11.8 Å². The number of nitrogens with one attached hydrogen (secondary N) is 1. The molecule has 0 radical (unpaired) electrons. The van der Waals surface area contributed by atoms with E-state index in [4.69, 9.17) is 0 Å². The van der Waals surface area contributed by atoms with Gasteiger partial charge in [0.05, 0.1) is 0 Å². The molecule has 1 aromatic rings. The van der Waals surface area contributed by atoms with E-state index in [1.165, 1.54) is 29.2 Å². The highest BCUT2D eigenvalue weighted by molar-refractivity contribution is 7.99. The lowest BCUT2D eigenvalue weighted by Gasteiger charge is -2.28. The Morgan fingerprint density at radius 3 is 3.29 bits per heavy atom. The Morgan fingerprint density at radius 1 is 1.43 bits per heavy atom. The topological polar surface area (TPSA) is 12.0 Å². The van der Waals surface area contributed by atoms with E-state index >= 15 is 0 Å². The Balaban J connectivity index is 2.09. The van der Waals surface area contributed by atoms with Gasteiger partial charge < -0.3 is 5.32 Å². The third-order valence-electron chi connectivity index (χ3n) is 3.37. The fraction of sp³-hybridized carbons (Fsp3) is 0.500. The van der Waals surface area contributed by atoms with Crippen LogP contribution in [0.2, 0.25) is 0 Å². The molecule has 0 aliphatic carbocycles. The van der Waals surface area contributed by atoms with Crippen molar-refractivity contribution in [3.05, 3.63) is 29.3 Å².